The van der Waals surface area contributed by atoms with Gasteiger partial charge in [0.25, 0.3) is 0 Å². The molecule has 8 nitrogen and oxygen atoms in total. The third kappa shape index (κ3) is 3.43. The van der Waals surface area contributed by atoms with E-state index in [9.17, 15) is 18.0 Å². The normalized spacial score (nSPS) is 21.2. The van der Waals surface area contributed by atoms with Gasteiger partial charge < -0.3 is 4.90 Å². The van der Waals surface area contributed by atoms with Crippen LogP contribution in [0.3, 0.4) is 0 Å². The highest BCUT2D eigenvalue weighted by atomic mass is 32.2. The maximum absolute atomic E-state index is 12.9. The van der Waals surface area contributed by atoms with Crippen LogP contribution in [0, 0.1) is 6.92 Å². The summed E-state index contributed by atoms with van der Waals surface area (Å²) in [6.45, 7) is 2.54. The van der Waals surface area contributed by atoms with Crippen molar-refractivity contribution in [2.45, 2.75) is 38.8 Å². The molecule has 0 aliphatic carbocycles. The third-order valence-corrected chi connectivity index (χ3v) is 6.71. The summed E-state index contributed by atoms with van der Waals surface area (Å²) in [4.78, 5) is 27.1. The van der Waals surface area contributed by atoms with Gasteiger partial charge in [-0.05, 0) is 25.3 Å². The average molecular weight is 390 g/mol. The van der Waals surface area contributed by atoms with Gasteiger partial charge in [0.05, 0.1) is 12.3 Å². The Morgan fingerprint density at radius 2 is 2.00 bits per heavy atom. The predicted molar refractivity (Wildman–Crippen MR) is 99.1 cm³/mol. The van der Waals surface area contributed by atoms with E-state index in [4.69, 9.17) is 0 Å². The van der Waals surface area contributed by atoms with Crippen LogP contribution in [0.4, 0.5) is 0 Å². The first kappa shape index (κ1) is 18.0. The summed E-state index contributed by atoms with van der Waals surface area (Å²) in [6.07, 6.45) is 1.91. The highest BCUT2D eigenvalue weighted by Gasteiger charge is 2.37. The molecule has 1 aromatic carbocycles. The molecule has 1 fully saturated rings. The van der Waals surface area contributed by atoms with Crippen LogP contribution in [0.15, 0.2) is 29.1 Å². The molecular formula is C18H22N4O4S. The first-order valence-electron chi connectivity index (χ1n) is 9.07. The van der Waals surface area contributed by atoms with E-state index >= 15 is 0 Å². The number of hydrogen-bond acceptors (Lipinski definition) is 5. The van der Waals surface area contributed by atoms with Gasteiger partial charge in [-0.2, -0.15) is 5.10 Å². The molecule has 1 saturated heterocycles. The first-order valence-corrected chi connectivity index (χ1v) is 10.9. The van der Waals surface area contributed by atoms with Crippen LogP contribution in [-0.4, -0.2) is 51.7 Å². The van der Waals surface area contributed by atoms with E-state index in [0.29, 0.717) is 25.2 Å². The van der Waals surface area contributed by atoms with Crippen LogP contribution >= 0.6 is 0 Å². The second-order valence-electron chi connectivity index (χ2n) is 7.30. The molecule has 0 bridgehead atoms. The van der Waals surface area contributed by atoms with Crippen molar-refractivity contribution in [1.82, 2.24) is 19.2 Å². The molecule has 1 atom stereocenters. The number of benzene rings is 1. The Hall–Kier alpha value is -2.42. The molecule has 3 heterocycles. The molecule has 1 amide bonds. The Kier molecular flexibility index (Phi) is 4.41. The molecule has 2 aliphatic heterocycles. The number of carbonyl (C=O) groups is 1. The number of aromatic nitrogens is 3. The van der Waals surface area contributed by atoms with E-state index in [1.54, 1.807) is 0 Å². The van der Waals surface area contributed by atoms with Crippen LogP contribution in [-0.2, 0) is 27.6 Å². The lowest BCUT2D eigenvalue weighted by Crippen LogP contribution is -2.41. The first-order chi connectivity index (χ1) is 12.8. The van der Waals surface area contributed by atoms with Crippen LogP contribution in [0.5, 0.6) is 0 Å². The van der Waals surface area contributed by atoms with Crippen molar-refractivity contribution in [3.63, 3.8) is 0 Å². The number of amides is 1. The molecule has 0 N–H and O–H groups in total. The van der Waals surface area contributed by atoms with Crippen LogP contribution in [0.1, 0.15) is 35.8 Å². The Balaban J connectivity index is 1.63. The van der Waals surface area contributed by atoms with Crippen molar-refractivity contribution in [2.24, 2.45) is 0 Å². The Bertz CT molecular complexity index is 1040. The number of hydrogen-bond donors (Lipinski definition) is 0. The monoisotopic (exact) mass is 390 g/mol. The zero-order chi connectivity index (χ0) is 19.2. The molecule has 0 spiro atoms. The molecule has 0 unspecified atom stereocenters. The summed E-state index contributed by atoms with van der Waals surface area (Å²) in [5, 5.41) is 4.43. The SMILES string of the molecule is Cc1ccc(Cn2nc3n(c2=O)[C@H](C(=O)N2CCS(=O)(=O)C2)CCC3)cc1. The van der Waals surface area contributed by atoms with E-state index in [1.165, 1.54) is 14.1 Å². The van der Waals surface area contributed by atoms with Gasteiger partial charge >= 0.3 is 5.69 Å². The van der Waals surface area contributed by atoms with Crippen molar-refractivity contribution in [1.29, 1.82) is 0 Å². The van der Waals surface area contributed by atoms with Gasteiger partial charge in [-0.25, -0.2) is 17.9 Å². The zero-order valence-corrected chi connectivity index (χ0v) is 16.0. The van der Waals surface area contributed by atoms with Crippen molar-refractivity contribution >= 4 is 15.7 Å². The largest absolute Gasteiger partial charge is 0.346 e. The molecule has 2 aliphatic rings. The number of aryl methyl sites for hydroxylation is 2. The fraction of sp³-hybridized carbons (Fsp3) is 0.500. The molecule has 2 aromatic rings. The van der Waals surface area contributed by atoms with Gasteiger partial charge in [0.2, 0.25) is 5.91 Å². The minimum Gasteiger partial charge on any atom is -0.325 e. The molecule has 0 radical (unpaired) electrons. The van der Waals surface area contributed by atoms with Crippen LogP contribution in [0.2, 0.25) is 0 Å². The van der Waals surface area contributed by atoms with Gasteiger partial charge in [-0.15, -0.1) is 0 Å². The number of sulfone groups is 1. The highest BCUT2D eigenvalue weighted by Crippen LogP contribution is 2.25. The molecule has 0 saturated carbocycles. The Morgan fingerprint density at radius 1 is 1.26 bits per heavy atom. The topological polar surface area (TPSA) is 94.3 Å². The molecule has 9 heteroatoms. The third-order valence-electron chi connectivity index (χ3n) is 5.21. The second-order valence-corrected chi connectivity index (χ2v) is 9.45. The second kappa shape index (κ2) is 6.63. The summed E-state index contributed by atoms with van der Waals surface area (Å²) >= 11 is 0. The maximum Gasteiger partial charge on any atom is 0.346 e. The quantitative estimate of drug-likeness (QED) is 0.760. The maximum atomic E-state index is 12.9. The summed E-state index contributed by atoms with van der Waals surface area (Å²) in [5.74, 6) is 0.0249. The summed E-state index contributed by atoms with van der Waals surface area (Å²) < 4.78 is 26.2. The number of rotatable bonds is 3. The number of carbonyl (C=O) groups excluding carboxylic acids is 1. The lowest BCUT2D eigenvalue weighted by atomic mass is 10.0. The smallest absolute Gasteiger partial charge is 0.325 e. The van der Waals surface area contributed by atoms with Crippen molar-refractivity contribution in [2.75, 3.05) is 18.2 Å². The molecular weight excluding hydrogens is 368 g/mol. The molecule has 27 heavy (non-hydrogen) atoms. The van der Waals surface area contributed by atoms with E-state index in [0.717, 1.165) is 17.5 Å². The predicted octanol–water partition coefficient (Wildman–Crippen LogP) is 0.493. The van der Waals surface area contributed by atoms with E-state index in [2.05, 4.69) is 5.10 Å². The van der Waals surface area contributed by atoms with Crippen LogP contribution in [0.25, 0.3) is 0 Å². The standard InChI is InChI=1S/C18H22N4O4S/c1-13-5-7-14(8-6-13)11-21-18(24)22-15(3-2-4-16(22)19-21)17(23)20-9-10-27(25,26)12-20/h5-8,15H,2-4,9-12H2,1H3/t15-/m0/s1. The van der Waals surface area contributed by atoms with Gasteiger partial charge in [-0.3, -0.25) is 9.36 Å². The summed E-state index contributed by atoms with van der Waals surface area (Å²) in [5.41, 5.74) is 1.79. The Labute approximate surface area is 157 Å². The lowest BCUT2D eigenvalue weighted by Gasteiger charge is -2.26. The summed E-state index contributed by atoms with van der Waals surface area (Å²) in [6, 6.07) is 7.21. The van der Waals surface area contributed by atoms with Crippen molar-refractivity contribution < 1.29 is 13.2 Å². The molecule has 4 rings (SSSR count). The van der Waals surface area contributed by atoms with E-state index in [-0.39, 0.29) is 29.8 Å². The van der Waals surface area contributed by atoms with Gasteiger partial charge in [-0.1, -0.05) is 29.8 Å². The minimum absolute atomic E-state index is 0.0140. The van der Waals surface area contributed by atoms with E-state index < -0.39 is 15.9 Å². The number of nitrogens with zero attached hydrogens (tertiary/aromatic N) is 4. The van der Waals surface area contributed by atoms with Gasteiger partial charge in [0.1, 0.15) is 17.7 Å². The van der Waals surface area contributed by atoms with E-state index in [1.807, 2.05) is 31.2 Å². The fourth-order valence-corrected chi connectivity index (χ4v) is 5.09. The summed E-state index contributed by atoms with van der Waals surface area (Å²) in [7, 11) is -3.21. The van der Waals surface area contributed by atoms with Crippen molar-refractivity contribution in [3.05, 3.63) is 51.7 Å². The van der Waals surface area contributed by atoms with Gasteiger partial charge in [0.15, 0.2) is 9.84 Å². The average Bonchev–Trinajstić information content (AvgIpc) is 3.16. The van der Waals surface area contributed by atoms with Gasteiger partial charge in [0, 0.05) is 13.0 Å². The lowest BCUT2D eigenvalue weighted by molar-refractivity contribution is -0.134. The molecule has 1 aromatic heterocycles. The Morgan fingerprint density at radius 3 is 2.67 bits per heavy atom. The van der Waals surface area contributed by atoms with Crippen LogP contribution < -0.4 is 5.69 Å². The number of fused-ring (bicyclic) bond motifs is 1. The highest BCUT2D eigenvalue weighted by molar-refractivity contribution is 7.91. The fourth-order valence-electron chi connectivity index (χ4n) is 3.74. The zero-order valence-electron chi connectivity index (χ0n) is 15.2. The molecule has 144 valence electrons. The minimum atomic E-state index is -3.21. The van der Waals surface area contributed by atoms with Crippen molar-refractivity contribution in [3.8, 4) is 0 Å².